The Morgan fingerprint density at radius 3 is 1.33 bits per heavy atom. The Bertz CT molecular complexity index is 393. The van der Waals surface area contributed by atoms with E-state index in [4.69, 9.17) is 8.54 Å². The number of hydrogen-bond donors (Lipinski definition) is 0. The quantitative estimate of drug-likeness (QED) is 0.265. The molecule has 1 atom stereocenters. The molecule has 0 heterocycles. The molecule has 0 N–H and O–H groups in total. The molecule has 0 aromatic heterocycles. The summed E-state index contributed by atoms with van der Waals surface area (Å²) in [6.45, 7) is 31.8. The number of carbonyl (C=O) groups excluding carboxylic acids is 1. The Morgan fingerprint density at radius 2 is 1.12 bits per heavy atom. The van der Waals surface area contributed by atoms with Crippen LogP contribution in [0.2, 0.25) is 33.2 Å². The Kier molecular flexibility index (Phi) is 9.28. The molecule has 0 fully saturated rings. The van der Waals surface area contributed by atoms with Crippen LogP contribution in [0.1, 0.15) is 90.5 Å². The monoisotopic (exact) mass is 375 g/mol. The molecule has 2 nitrogen and oxygen atoms in total. The van der Waals surface area contributed by atoms with E-state index in [-0.39, 0.29) is 17.5 Å². The van der Waals surface area contributed by atoms with Crippen LogP contribution in [-0.2, 0) is 8.54 Å². The van der Waals surface area contributed by atoms with Crippen molar-refractivity contribution in [3.63, 3.8) is 0 Å². The summed E-state index contributed by atoms with van der Waals surface area (Å²) in [5.74, 6) is 0. The first-order valence-electron chi connectivity index (χ1n) is 9.21. The maximum absolute atomic E-state index is 6.58. The van der Waals surface area contributed by atoms with E-state index in [0.717, 1.165) is 0 Å². The highest BCUT2D eigenvalue weighted by atomic mass is 28.4. The van der Waals surface area contributed by atoms with E-state index in [2.05, 4.69) is 89.6 Å². The standard InChI is InChI=1S/C19H43O2Si2.CH4/c1-15(2)22(13,18(7,8)9)20-14-21-23(16(3)4,17(5)6)19(10,11)12;/h14-17H,1-13H3;1H4/q+1;/t22-;/m0./s1. The number of rotatable bonds is 6. The topological polar surface area (TPSA) is 20.5 Å². The lowest BCUT2D eigenvalue weighted by Crippen LogP contribution is -2.52. The van der Waals surface area contributed by atoms with Crippen molar-refractivity contribution < 1.29 is 8.54 Å². The van der Waals surface area contributed by atoms with E-state index in [0.29, 0.717) is 16.6 Å². The second kappa shape index (κ2) is 8.52. The average Bonchev–Trinajstić information content (AvgIpc) is 2.29. The molecule has 0 unspecified atom stereocenters. The molecular formula is C20H47O2Si2+. The smallest absolute Gasteiger partial charge is 0.414 e. The molecular weight excluding hydrogens is 328 g/mol. The van der Waals surface area contributed by atoms with Crippen molar-refractivity contribution in [1.82, 2.24) is 0 Å². The van der Waals surface area contributed by atoms with Crippen LogP contribution in [0.15, 0.2) is 0 Å². The van der Waals surface area contributed by atoms with Gasteiger partial charge in [0.25, 0.3) is 0 Å². The molecule has 0 aromatic carbocycles. The highest BCUT2D eigenvalue weighted by Crippen LogP contribution is 2.49. The van der Waals surface area contributed by atoms with E-state index in [1.807, 2.05) is 0 Å². The molecule has 0 rings (SSSR count). The zero-order valence-corrected chi connectivity index (χ0v) is 20.1. The summed E-state index contributed by atoms with van der Waals surface area (Å²) in [4.78, 5) is 0. The molecule has 24 heavy (non-hydrogen) atoms. The molecule has 0 saturated carbocycles. The fraction of sp³-hybridized carbons (Fsp3) is 0.950. The van der Waals surface area contributed by atoms with Gasteiger partial charge in [0.2, 0.25) is 0 Å². The predicted octanol–water partition coefficient (Wildman–Crippen LogP) is 7.68. The molecule has 0 bridgehead atoms. The third kappa shape index (κ3) is 4.97. The Balaban J connectivity index is 0. The van der Waals surface area contributed by atoms with Crippen molar-refractivity contribution in [2.45, 2.75) is 124 Å². The normalized spacial score (nSPS) is 16.7. The Hall–Kier alpha value is -0.0962. The van der Waals surface area contributed by atoms with Crippen LogP contribution in [0, 0.1) is 0 Å². The minimum Gasteiger partial charge on any atom is -0.414 e. The van der Waals surface area contributed by atoms with Gasteiger partial charge in [-0.25, -0.2) is 0 Å². The van der Waals surface area contributed by atoms with Crippen molar-refractivity contribution in [3.8, 4) is 0 Å². The van der Waals surface area contributed by atoms with Crippen LogP contribution >= 0.6 is 0 Å². The van der Waals surface area contributed by atoms with Crippen molar-refractivity contribution >= 4 is 23.1 Å². The SMILES string of the molecule is C.CC(C)[Si]([O+]=CO[Si@@](C)(C(C)C)C(C)(C)C)(C(C)C)C(C)(C)C. The largest absolute Gasteiger partial charge is 0.428 e. The van der Waals surface area contributed by atoms with Gasteiger partial charge in [0.1, 0.15) is 0 Å². The molecule has 0 aliphatic carbocycles. The zero-order chi connectivity index (χ0) is 18.9. The lowest BCUT2D eigenvalue weighted by atomic mass is 10.2. The van der Waals surface area contributed by atoms with Crippen molar-refractivity contribution in [2.75, 3.05) is 0 Å². The minimum atomic E-state index is -2.00. The second-order valence-electron chi connectivity index (χ2n) is 10.2. The van der Waals surface area contributed by atoms with Gasteiger partial charge in [-0.2, -0.15) is 0 Å². The molecule has 0 amide bonds. The van der Waals surface area contributed by atoms with Gasteiger partial charge in [0.05, 0.1) is 0 Å². The van der Waals surface area contributed by atoms with Crippen LogP contribution in [0.25, 0.3) is 0 Å². The van der Waals surface area contributed by atoms with Crippen molar-refractivity contribution in [2.24, 2.45) is 0 Å². The molecule has 0 radical (unpaired) electrons. The molecule has 0 aromatic rings. The summed E-state index contributed by atoms with van der Waals surface area (Å²) in [6.07, 6.45) is 0. The molecule has 0 saturated heterocycles. The van der Waals surface area contributed by atoms with Crippen LogP contribution in [0.3, 0.4) is 0 Å². The van der Waals surface area contributed by atoms with Gasteiger partial charge in [-0.1, -0.05) is 90.5 Å². The first-order valence-corrected chi connectivity index (χ1v) is 13.8. The molecule has 0 aliphatic rings. The molecule has 0 spiro atoms. The zero-order valence-electron chi connectivity index (χ0n) is 18.1. The van der Waals surface area contributed by atoms with Gasteiger partial charge in [-0.3, -0.25) is 0 Å². The van der Waals surface area contributed by atoms with Crippen LogP contribution < -0.4 is 0 Å². The second-order valence-corrected chi connectivity index (χ2v) is 20.9. The summed E-state index contributed by atoms with van der Waals surface area (Å²) in [7, 11) is -3.92. The highest BCUT2D eigenvalue weighted by molar-refractivity contribution is 6.78. The molecule has 0 aliphatic heterocycles. The third-order valence-corrected chi connectivity index (χ3v) is 18.0. The lowest BCUT2D eigenvalue weighted by Gasteiger charge is -2.39. The van der Waals surface area contributed by atoms with Gasteiger partial charge in [0.15, 0.2) is 0 Å². The Morgan fingerprint density at radius 1 is 0.750 bits per heavy atom. The maximum atomic E-state index is 6.58. The van der Waals surface area contributed by atoms with E-state index in [1.54, 1.807) is 6.47 Å². The first kappa shape index (κ1) is 26.1. The summed E-state index contributed by atoms with van der Waals surface area (Å²) >= 11 is 0. The molecule has 4 heteroatoms. The molecule has 146 valence electrons. The van der Waals surface area contributed by atoms with Gasteiger partial charge in [-0.05, 0) is 6.55 Å². The summed E-state index contributed by atoms with van der Waals surface area (Å²) in [6, 6.07) is 0. The predicted molar refractivity (Wildman–Crippen MR) is 116 cm³/mol. The van der Waals surface area contributed by atoms with E-state index >= 15 is 0 Å². The summed E-state index contributed by atoms with van der Waals surface area (Å²) < 4.78 is 13.0. The lowest BCUT2D eigenvalue weighted by molar-refractivity contribution is -0.323. The Labute approximate surface area is 155 Å². The van der Waals surface area contributed by atoms with Gasteiger partial charge in [-0.15, -0.1) is 0 Å². The summed E-state index contributed by atoms with van der Waals surface area (Å²) in [5.41, 5.74) is 1.64. The minimum absolute atomic E-state index is 0. The van der Waals surface area contributed by atoms with E-state index in [9.17, 15) is 0 Å². The van der Waals surface area contributed by atoms with Gasteiger partial charge in [0, 0.05) is 26.7 Å². The van der Waals surface area contributed by atoms with E-state index in [1.165, 1.54) is 0 Å². The van der Waals surface area contributed by atoms with Gasteiger partial charge >= 0.3 is 23.1 Å². The van der Waals surface area contributed by atoms with Crippen molar-refractivity contribution in [3.05, 3.63) is 0 Å². The van der Waals surface area contributed by atoms with Crippen LogP contribution in [0.4, 0.5) is 0 Å². The average molecular weight is 376 g/mol. The maximum Gasteiger partial charge on any atom is 0.428 e. The van der Waals surface area contributed by atoms with Gasteiger partial charge < -0.3 is 8.54 Å². The van der Waals surface area contributed by atoms with Crippen LogP contribution in [-0.4, -0.2) is 23.1 Å². The third-order valence-electron chi connectivity index (χ3n) is 6.01. The highest BCUT2D eigenvalue weighted by Gasteiger charge is 2.60. The van der Waals surface area contributed by atoms with Crippen LogP contribution in [0.5, 0.6) is 0 Å². The summed E-state index contributed by atoms with van der Waals surface area (Å²) in [5, 5.41) is 0.356. The van der Waals surface area contributed by atoms with E-state index < -0.39 is 16.6 Å². The fourth-order valence-electron chi connectivity index (χ4n) is 4.23. The fourth-order valence-corrected chi connectivity index (χ4v) is 12.8. The first-order chi connectivity index (χ1) is 10.0. The van der Waals surface area contributed by atoms with Crippen molar-refractivity contribution in [1.29, 1.82) is 0 Å². The number of hydrogen-bond acceptors (Lipinski definition) is 1.